The second-order valence-electron chi connectivity index (χ2n) is 26.1. The van der Waals surface area contributed by atoms with E-state index >= 15 is 0 Å². The molecule has 3 heterocycles. The Bertz CT molecular complexity index is 4870. The molecular formula is C77H72ClF2N9O12. The minimum Gasteiger partial charge on any atom is -0.489 e. The number of hydrogen-bond acceptors (Lipinski definition) is 15. The van der Waals surface area contributed by atoms with Crippen LogP contribution in [0.2, 0.25) is 5.02 Å². The highest BCUT2D eigenvalue weighted by Crippen LogP contribution is 2.57. The predicted octanol–water partition coefficient (Wildman–Crippen LogP) is 11.1. The number of nitrogens with zero attached hydrogens (tertiary/aromatic N) is 3. The molecule has 518 valence electrons. The van der Waals surface area contributed by atoms with Gasteiger partial charge in [0.05, 0.1) is 56.2 Å². The Labute approximate surface area is 583 Å². The molecule has 24 heteroatoms. The van der Waals surface area contributed by atoms with Gasteiger partial charge in [-0.2, -0.15) is 0 Å². The first-order valence-corrected chi connectivity index (χ1v) is 33.2. The highest BCUT2D eigenvalue weighted by Gasteiger charge is 2.64. The third-order valence-electron chi connectivity index (χ3n) is 19.6. The Morgan fingerprint density at radius 3 is 1.35 bits per heavy atom. The summed E-state index contributed by atoms with van der Waals surface area (Å²) in [7, 11) is 0. The third kappa shape index (κ3) is 15.1. The Balaban J connectivity index is 0.000000144. The molecule has 21 nitrogen and oxygen atoms in total. The van der Waals surface area contributed by atoms with Crippen LogP contribution in [0.15, 0.2) is 176 Å². The molecule has 0 radical (unpaired) electrons. The number of primary amides is 3. The van der Waals surface area contributed by atoms with Crippen molar-refractivity contribution in [2.24, 2.45) is 51.2 Å². The zero-order chi connectivity index (χ0) is 71.3. The SMILES string of the molecule is CCc1cc(COc2ccc(C[C@]3(C(N)=O)C[C@@H]3C(=O)NO)cc2)c2ccccc2n1.NC(=O)[C@@]1(Cc2ccc(OCc3cc(-c4ccccc4Cl)nc4ccccc34)c(F)c2)C[C@@H]1C(=O)NO.NC(=O)[C@@]1(Cc2ccc(OCc3cc(C4CC4)nc4ccccc34)c(F)c2)C[C@@H]1C(=O)NO. The summed E-state index contributed by atoms with van der Waals surface area (Å²) >= 11 is 6.39. The van der Waals surface area contributed by atoms with Gasteiger partial charge in [0.15, 0.2) is 23.1 Å². The van der Waals surface area contributed by atoms with Crippen molar-refractivity contribution in [3.63, 3.8) is 0 Å². The molecule has 0 bridgehead atoms. The van der Waals surface area contributed by atoms with Gasteiger partial charge in [-0.3, -0.25) is 54.4 Å². The number of carbonyl (C=O) groups excluding carboxylic acids is 6. The number of halogens is 3. The van der Waals surface area contributed by atoms with Gasteiger partial charge in [-0.1, -0.05) is 116 Å². The molecule has 14 rings (SSSR count). The fourth-order valence-corrected chi connectivity index (χ4v) is 13.6. The molecular weight excluding hydrogens is 1320 g/mol. The number of rotatable bonds is 24. The fourth-order valence-electron chi connectivity index (χ4n) is 13.4. The quantitative estimate of drug-likeness (QED) is 0.0201. The van der Waals surface area contributed by atoms with E-state index in [2.05, 4.69) is 18.0 Å². The summed E-state index contributed by atoms with van der Waals surface area (Å²) in [5, 5.41) is 30.1. The van der Waals surface area contributed by atoms with Crippen LogP contribution in [0.1, 0.15) is 89.7 Å². The van der Waals surface area contributed by atoms with E-state index in [-0.39, 0.29) is 50.4 Å². The molecule has 0 aliphatic heterocycles. The first kappa shape index (κ1) is 69.9. The molecule has 4 aliphatic carbocycles. The van der Waals surface area contributed by atoms with E-state index in [0.29, 0.717) is 53.0 Å². The molecule has 0 unspecified atom stereocenters. The summed E-state index contributed by atoms with van der Waals surface area (Å²) in [5.41, 5.74) is 29.0. The lowest BCUT2D eigenvalue weighted by Crippen LogP contribution is -2.33. The fraction of sp³-hybridized carbons (Fsp3) is 0.260. The summed E-state index contributed by atoms with van der Waals surface area (Å²) in [6, 6.07) is 53.2. The van der Waals surface area contributed by atoms with Gasteiger partial charge in [0.1, 0.15) is 25.6 Å². The molecule has 4 aliphatic rings. The summed E-state index contributed by atoms with van der Waals surface area (Å²) in [5.74, 6) is -5.66. The predicted molar refractivity (Wildman–Crippen MR) is 369 cm³/mol. The zero-order valence-corrected chi connectivity index (χ0v) is 55.5. The molecule has 10 aromatic rings. The lowest BCUT2D eigenvalue weighted by molar-refractivity contribution is -0.134. The van der Waals surface area contributed by atoms with Crippen molar-refractivity contribution in [3.05, 3.63) is 237 Å². The van der Waals surface area contributed by atoms with Gasteiger partial charge in [0.25, 0.3) is 0 Å². The number of carbonyl (C=O) groups is 6. The molecule has 101 heavy (non-hydrogen) atoms. The number of amides is 6. The van der Waals surface area contributed by atoms with Crippen molar-refractivity contribution < 1.29 is 67.4 Å². The van der Waals surface area contributed by atoms with Gasteiger partial charge < -0.3 is 31.4 Å². The number of nitrogens with one attached hydrogen (secondary N) is 3. The van der Waals surface area contributed by atoms with Crippen LogP contribution in [0.25, 0.3) is 44.0 Å². The van der Waals surface area contributed by atoms with Crippen LogP contribution in [-0.4, -0.2) is 66.0 Å². The topological polar surface area (TPSA) is 344 Å². The molecule has 6 amide bonds. The standard InChI is InChI=1S/C28H23ClFN3O4.C25H24FN3O4.C24H25N3O4/c29-21-7-3-1-6-19(21)24-12-17(18-5-2-4-8-23(18)32-24)15-37-25-10-9-16(11-22(25)30)13-28(27(31)35)14-20(28)26(34)33-36;26-19-9-14(11-25(24(27)31)12-18(25)23(30)29-32)5-8-22(19)33-13-16-10-21(15-6-7-15)28-20-4-2-1-3-17(16)20;1-2-17-11-16(19-5-3-4-6-21(19)26-17)14-31-18-9-7-15(8-10-18)12-24(23(25)29)13-20(24)22(28)27-30/h1-12,20,36H,13-15H2,(H2,31,35)(H,33,34);1-5,8-10,15,18,32H,6-7,11-13H2,(H2,27,31)(H,29,30);3-11,20,30H,2,12-14H2,1H3,(H2,25,29)(H,27,28)/t20-,28+;18-,25+;20-,24+/m111/s1. The maximum absolute atomic E-state index is 15.0. The maximum atomic E-state index is 15.0. The Kier molecular flexibility index (Phi) is 20.4. The smallest absolute Gasteiger partial charge is 0.247 e. The number of hydrogen-bond donors (Lipinski definition) is 9. The minimum atomic E-state index is -1.15. The second kappa shape index (κ2) is 29.5. The highest BCUT2D eigenvalue weighted by atomic mass is 35.5. The van der Waals surface area contributed by atoms with E-state index in [9.17, 15) is 37.5 Å². The van der Waals surface area contributed by atoms with E-state index in [0.717, 1.165) is 91.2 Å². The van der Waals surface area contributed by atoms with Gasteiger partial charge >= 0.3 is 0 Å². The van der Waals surface area contributed by atoms with Crippen LogP contribution in [0.5, 0.6) is 17.2 Å². The van der Waals surface area contributed by atoms with E-state index in [1.54, 1.807) is 34.6 Å². The molecule has 12 N–H and O–H groups in total. The second-order valence-corrected chi connectivity index (χ2v) is 26.5. The first-order valence-electron chi connectivity index (χ1n) is 32.9. The lowest BCUT2D eigenvalue weighted by atomic mass is 9.92. The van der Waals surface area contributed by atoms with Crippen LogP contribution in [0, 0.1) is 45.6 Å². The average Bonchev–Trinajstić information content (AvgIpc) is 1.59. The number of fused-ring (bicyclic) bond motifs is 3. The van der Waals surface area contributed by atoms with Crippen molar-refractivity contribution in [3.8, 4) is 28.5 Å². The number of ether oxygens (including phenoxy) is 3. The summed E-state index contributed by atoms with van der Waals surface area (Å²) in [6.07, 6.45) is 4.39. The van der Waals surface area contributed by atoms with Crippen LogP contribution in [-0.2, 0) is 74.3 Å². The van der Waals surface area contributed by atoms with Gasteiger partial charge in [0.2, 0.25) is 35.4 Å². The molecule has 0 spiro atoms. The van der Waals surface area contributed by atoms with Crippen molar-refractivity contribution in [2.75, 3.05) is 0 Å². The van der Waals surface area contributed by atoms with Crippen molar-refractivity contribution >= 4 is 79.8 Å². The van der Waals surface area contributed by atoms with E-state index < -0.39 is 81.1 Å². The third-order valence-corrected chi connectivity index (χ3v) is 19.9. The Hall–Kier alpha value is -11.0. The molecule has 3 aromatic heterocycles. The number of pyridine rings is 3. The molecule has 4 fully saturated rings. The van der Waals surface area contributed by atoms with E-state index in [1.165, 1.54) is 24.3 Å². The van der Waals surface area contributed by atoms with Crippen LogP contribution in [0.4, 0.5) is 8.78 Å². The lowest BCUT2D eigenvalue weighted by Gasteiger charge is -2.15. The van der Waals surface area contributed by atoms with Crippen molar-refractivity contribution in [1.82, 2.24) is 31.4 Å². The van der Waals surface area contributed by atoms with E-state index in [4.69, 9.17) is 68.6 Å². The zero-order valence-electron chi connectivity index (χ0n) is 54.8. The van der Waals surface area contributed by atoms with Crippen molar-refractivity contribution in [1.29, 1.82) is 0 Å². The van der Waals surface area contributed by atoms with Crippen LogP contribution in [0.3, 0.4) is 0 Å². The minimum absolute atomic E-state index is 0.0394. The number of hydroxylamine groups is 3. The average molecular weight is 1390 g/mol. The van der Waals surface area contributed by atoms with E-state index in [1.807, 2.05) is 127 Å². The van der Waals surface area contributed by atoms with Crippen molar-refractivity contribution in [2.45, 2.75) is 90.4 Å². The van der Waals surface area contributed by atoms with Crippen LogP contribution < -0.4 is 47.9 Å². The summed E-state index contributed by atoms with van der Waals surface area (Å²) in [4.78, 5) is 85.3. The number of aromatic nitrogens is 3. The van der Waals surface area contributed by atoms with Gasteiger partial charge in [-0.05, 0) is 153 Å². The summed E-state index contributed by atoms with van der Waals surface area (Å²) < 4.78 is 47.5. The number of aryl methyl sites for hydroxylation is 1. The van der Waals surface area contributed by atoms with Crippen LogP contribution >= 0.6 is 11.6 Å². The first-order chi connectivity index (χ1) is 48.7. The molecule has 7 aromatic carbocycles. The number of nitrogens with two attached hydrogens (primary N) is 3. The number of benzene rings is 7. The largest absolute Gasteiger partial charge is 0.489 e. The normalized spacial score (nSPS) is 19.9. The highest BCUT2D eigenvalue weighted by molar-refractivity contribution is 6.33. The Morgan fingerprint density at radius 1 is 0.495 bits per heavy atom. The van der Waals surface area contributed by atoms with Gasteiger partial charge in [-0.15, -0.1) is 0 Å². The molecule has 6 atom stereocenters. The Morgan fingerprint density at radius 2 is 0.901 bits per heavy atom. The molecule has 0 saturated heterocycles. The molecule has 4 saturated carbocycles. The van der Waals surface area contributed by atoms with Gasteiger partial charge in [0, 0.05) is 60.7 Å². The maximum Gasteiger partial charge on any atom is 0.247 e. The summed E-state index contributed by atoms with van der Waals surface area (Å²) in [6.45, 7) is 2.77. The van der Waals surface area contributed by atoms with Gasteiger partial charge in [-0.25, -0.2) is 30.2 Å². The monoisotopic (exact) mass is 1390 g/mol. The number of para-hydroxylation sites is 3.